The average Bonchev–Trinajstić information content (AvgIpc) is 2.98. The average molecular weight is 284 g/mol. The van der Waals surface area contributed by atoms with Gasteiger partial charge in [-0.15, -0.1) is 21.5 Å². The van der Waals surface area contributed by atoms with Crippen molar-refractivity contribution in [1.29, 1.82) is 0 Å². The van der Waals surface area contributed by atoms with Gasteiger partial charge < -0.3 is 9.64 Å². The number of hydrogen-bond acceptors (Lipinski definition) is 6. The van der Waals surface area contributed by atoms with E-state index in [0.717, 1.165) is 42.8 Å². The molecule has 5 nitrogen and oxygen atoms in total. The summed E-state index contributed by atoms with van der Waals surface area (Å²) in [4.78, 5) is 4.66. The molecule has 1 unspecified atom stereocenters. The van der Waals surface area contributed by atoms with Crippen LogP contribution in [-0.4, -0.2) is 66.4 Å². The molecule has 0 aromatic carbocycles. The van der Waals surface area contributed by atoms with E-state index in [4.69, 9.17) is 4.74 Å². The van der Waals surface area contributed by atoms with Gasteiger partial charge in [-0.2, -0.15) is 0 Å². The number of likely N-dealkylation sites (N-methyl/N-ethyl adjacent to an activating group) is 1. The van der Waals surface area contributed by atoms with Gasteiger partial charge in [0.15, 0.2) is 0 Å². The van der Waals surface area contributed by atoms with Gasteiger partial charge in [0.2, 0.25) is 0 Å². The summed E-state index contributed by atoms with van der Waals surface area (Å²) in [6.45, 7) is 6.93. The lowest BCUT2D eigenvalue weighted by atomic mass is 10.2. The second kappa shape index (κ2) is 7.28. The molecule has 1 aromatic heterocycles. The zero-order chi connectivity index (χ0) is 13.7. The molecule has 19 heavy (non-hydrogen) atoms. The highest BCUT2D eigenvalue weighted by molar-refractivity contribution is 7.11. The van der Waals surface area contributed by atoms with Gasteiger partial charge in [-0.25, -0.2) is 0 Å². The molecule has 1 aliphatic rings. The SMILES string of the molecule is Cc1nnc(CN(CCN(C)C)CC2CCCO2)s1. The van der Waals surface area contributed by atoms with Gasteiger partial charge in [-0.05, 0) is 33.9 Å². The number of rotatable bonds is 7. The van der Waals surface area contributed by atoms with Crippen LogP contribution >= 0.6 is 11.3 Å². The highest BCUT2D eigenvalue weighted by atomic mass is 32.1. The Labute approximate surface area is 119 Å². The first-order valence-electron chi connectivity index (χ1n) is 6.91. The Kier molecular flexibility index (Phi) is 5.69. The highest BCUT2D eigenvalue weighted by Gasteiger charge is 2.20. The number of aryl methyl sites for hydroxylation is 1. The molecule has 6 heteroatoms. The summed E-state index contributed by atoms with van der Waals surface area (Å²) >= 11 is 1.69. The summed E-state index contributed by atoms with van der Waals surface area (Å²) in [5.74, 6) is 0. The molecular weight excluding hydrogens is 260 g/mol. The minimum Gasteiger partial charge on any atom is -0.377 e. The summed E-state index contributed by atoms with van der Waals surface area (Å²) in [5.41, 5.74) is 0. The molecule has 1 atom stereocenters. The Hall–Kier alpha value is -0.560. The molecule has 108 valence electrons. The fourth-order valence-electron chi connectivity index (χ4n) is 2.25. The number of nitrogens with zero attached hydrogens (tertiary/aromatic N) is 4. The molecule has 1 aromatic rings. The second-order valence-corrected chi connectivity index (χ2v) is 6.65. The molecule has 2 heterocycles. The predicted octanol–water partition coefficient (Wildman–Crippen LogP) is 1.39. The van der Waals surface area contributed by atoms with Crippen molar-refractivity contribution in [3.05, 3.63) is 10.0 Å². The van der Waals surface area contributed by atoms with Crippen LogP contribution in [0.1, 0.15) is 22.9 Å². The van der Waals surface area contributed by atoms with Crippen LogP contribution in [-0.2, 0) is 11.3 Å². The van der Waals surface area contributed by atoms with Gasteiger partial charge in [-0.3, -0.25) is 4.90 Å². The molecule has 0 amide bonds. The number of hydrogen-bond donors (Lipinski definition) is 0. The van der Waals surface area contributed by atoms with Gasteiger partial charge in [-0.1, -0.05) is 0 Å². The lowest BCUT2D eigenvalue weighted by molar-refractivity contribution is 0.0682. The summed E-state index contributed by atoms with van der Waals surface area (Å²) in [6, 6.07) is 0. The monoisotopic (exact) mass is 284 g/mol. The van der Waals surface area contributed by atoms with Gasteiger partial charge in [0.05, 0.1) is 12.6 Å². The van der Waals surface area contributed by atoms with E-state index in [-0.39, 0.29) is 0 Å². The van der Waals surface area contributed by atoms with Crippen LogP contribution in [0.25, 0.3) is 0 Å². The van der Waals surface area contributed by atoms with Crippen LogP contribution in [0.3, 0.4) is 0 Å². The summed E-state index contributed by atoms with van der Waals surface area (Å²) in [5, 5.41) is 10.5. The molecule has 0 aliphatic carbocycles. The van der Waals surface area contributed by atoms with E-state index in [1.807, 2.05) is 6.92 Å². The van der Waals surface area contributed by atoms with Gasteiger partial charge >= 0.3 is 0 Å². The maximum atomic E-state index is 5.75. The lowest BCUT2D eigenvalue weighted by Gasteiger charge is -2.25. The van der Waals surface area contributed by atoms with E-state index in [1.165, 1.54) is 12.8 Å². The molecule has 0 spiro atoms. The van der Waals surface area contributed by atoms with Crippen molar-refractivity contribution < 1.29 is 4.74 Å². The van der Waals surface area contributed by atoms with Crippen molar-refractivity contribution in [2.24, 2.45) is 0 Å². The highest BCUT2D eigenvalue weighted by Crippen LogP contribution is 2.16. The van der Waals surface area contributed by atoms with E-state index < -0.39 is 0 Å². The van der Waals surface area contributed by atoms with E-state index in [2.05, 4.69) is 34.1 Å². The largest absolute Gasteiger partial charge is 0.377 e. The first-order chi connectivity index (χ1) is 9.13. The van der Waals surface area contributed by atoms with Gasteiger partial charge in [0.1, 0.15) is 10.0 Å². The maximum absolute atomic E-state index is 5.75. The molecule has 0 radical (unpaired) electrons. The minimum atomic E-state index is 0.399. The first kappa shape index (κ1) is 14.8. The summed E-state index contributed by atoms with van der Waals surface area (Å²) in [6.07, 6.45) is 2.79. The molecule has 2 rings (SSSR count). The Morgan fingerprint density at radius 2 is 2.16 bits per heavy atom. The Bertz CT molecular complexity index is 376. The normalized spacial score (nSPS) is 19.7. The van der Waals surface area contributed by atoms with Crippen LogP contribution in [0, 0.1) is 6.92 Å². The third-order valence-corrected chi connectivity index (χ3v) is 4.10. The Morgan fingerprint density at radius 3 is 2.74 bits per heavy atom. The molecular formula is C13H24N4OS. The standard InChI is InChI=1S/C13H24N4OS/c1-11-14-15-13(19-11)10-17(7-6-16(2)3)9-12-5-4-8-18-12/h12H,4-10H2,1-3H3. The van der Waals surface area contributed by atoms with E-state index in [1.54, 1.807) is 11.3 Å². The van der Waals surface area contributed by atoms with Crippen molar-refractivity contribution in [2.75, 3.05) is 40.3 Å². The summed E-state index contributed by atoms with van der Waals surface area (Å²) in [7, 11) is 4.22. The van der Waals surface area contributed by atoms with Crippen LogP contribution < -0.4 is 0 Å². The number of aromatic nitrogens is 2. The van der Waals surface area contributed by atoms with E-state index in [0.29, 0.717) is 6.10 Å². The predicted molar refractivity (Wildman–Crippen MR) is 77.5 cm³/mol. The fourth-order valence-corrected chi connectivity index (χ4v) is 3.00. The van der Waals surface area contributed by atoms with Crippen molar-refractivity contribution in [3.63, 3.8) is 0 Å². The minimum absolute atomic E-state index is 0.399. The first-order valence-corrected chi connectivity index (χ1v) is 7.73. The molecule has 1 saturated heterocycles. The second-order valence-electron chi connectivity index (χ2n) is 5.39. The van der Waals surface area contributed by atoms with Gasteiger partial charge in [0, 0.05) is 26.2 Å². The quantitative estimate of drug-likeness (QED) is 0.757. The smallest absolute Gasteiger partial charge is 0.131 e. The topological polar surface area (TPSA) is 41.5 Å². The van der Waals surface area contributed by atoms with E-state index >= 15 is 0 Å². The zero-order valence-electron chi connectivity index (χ0n) is 12.1. The summed E-state index contributed by atoms with van der Waals surface area (Å²) < 4.78 is 5.75. The maximum Gasteiger partial charge on any atom is 0.131 e. The molecule has 0 bridgehead atoms. The fraction of sp³-hybridized carbons (Fsp3) is 0.846. The van der Waals surface area contributed by atoms with Crippen molar-refractivity contribution in [1.82, 2.24) is 20.0 Å². The van der Waals surface area contributed by atoms with Crippen LogP contribution in [0.15, 0.2) is 0 Å². The van der Waals surface area contributed by atoms with Crippen LogP contribution in [0.5, 0.6) is 0 Å². The third kappa shape index (κ3) is 5.14. The van der Waals surface area contributed by atoms with Gasteiger partial charge in [0.25, 0.3) is 0 Å². The molecule has 0 N–H and O–H groups in total. The molecule has 1 aliphatic heterocycles. The van der Waals surface area contributed by atoms with Crippen molar-refractivity contribution in [3.8, 4) is 0 Å². The van der Waals surface area contributed by atoms with Crippen molar-refractivity contribution >= 4 is 11.3 Å². The van der Waals surface area contributed by atoms with Crippen LogP contribution in [0.2, 0.25) is 0 Å². The molecule has 0 saturated carbocycles. The molecule has 1 fully saturated rings. The zero-order valence-corrected chi connectivity index (χ0v) is 12.9. The number of ether oxygens (including phenoxy) is 1. The van der Waals surface area contributed by atoms with E-state index in [9.17, 15) is 0 Å². The third-order valence-electron chi connectivity index (χ3n) is 3.28. The Morgan fingerprint density at radius 1 is 1.32 bits per heavy atom. The Balaban J connectivity index is 1.88. The van der Waals surface area contributed by atoms with Crippen LogP contribution in [0.4, 0.5) is 0 Å². The van der Waals surface area contributed by atoms with Crippen molar-refractivity contribution in [2.45, 2.75) is 32.4 Å². The lowest BCUT2D eigenvalue weighted by Crippen LogP contribution is -2.36.